The molecule has 0 bridgehead atoms. The average Bonchev–Trinajstić information content (AvgIpc) is 2.78. The first kappa shape index (κ1) is 22.7. The predicted octanol–water partition coefficient (Wildman–Crippen LogP) is 3.91. The van der Waals surface area contributed by atoms with Crippen LogP contribution in [0.2, 0.25) is 0 Å². The van der Waals surface area contributed by atoms with E-state index in [9.17, 15) is 17.6 Å². The van der Waals surface area contributed by atoms with Gasteiger partial charge in [-0.1, -0.05) is 0 Å². The van der Waals surface area contributed by atoms with Crippen LogP contribution in [0.15, 0.2) is 41.3 Å². The summed E-state index contributed by atoms with van der Waals surface area (Å²) in [4.78, 5) is 15.3. The van der Waals surface area contributed by atoms with E-state index in [1.807, 2.05) is 13.8 Å². The minimum atomic E-state index is -3.62. The molecule has 0 atom stereocenters. The Kier molecular flexibility index (Phi) is 6.53. The smallest absolute Gasteiger partial charge is 0.243 e. The molecular formula is C24H29FN2O4S. The maximum Gasteiger partial charge on any atom is 0.243 e. The van der Waals surface area contributed by atoms with E-state index in [4.69, 9.17) is 4.74 Å². The number of anilines is 1. The molecule has 2 heterocycles. The first-order chi connectivity index (χ1) is 15.3. The zero-order valence-electron chi connectivity index (χ0n) is 18.5. The number of rotatable bonds is 5. The van der Waals surface area contributed by atoms with Crippen LogP contribution in [0, 0.1) is 18.7 Å². The van der Waals surface area contributed by atoms with Crippen molar-refractivity contribution in [1.29, 1.82) is 0 Å². The van der Waals surface area contributed by atoms with Crippen LogP contribution >= 0.6 is 0 Å². The summed E-state index contributed by atoms with van der Waals surface area (Å²) in [5, 5.41) is 0. The topological polar surface area (TPSA) is 66.9 Å². The maximum absolute atomic E-state index is 13.8. The fourth-order valence-corrected chi connectivity index (χ4v) is 6.20. The number of hydrogen-bond acceptors (Lipinski definition) is 4. The van der Waals surface area contributed by atoms with Crippen LogP contribution < -0.4 is 9.64 Å². The Balaban J connectivity index is 1.45. The minimum Gasteiger partial charge on any atom is -0.494 e. The normalized spacial score (nSPS) is 17.8. The number of fused-ring (bicyclic) bond motifs is 1. The third-order valence-corrected chi connectivity index (χ3v) is 8.20. The van der Waals surface area contributed by atoms with Crippen LogP contribution in [0.4, 0.5) is 10.1 Å². The first-order valence-electron chi connectivity index (χ1n) is 11.1. The van der Waals surface area contributed by atoms with E-state index in [0.717, 1.165) is 29.7 Å². The van der Waals surface area contributed by atoms with Crippen molar-refractivity contribution < 1.29 is 22.3 Å². The van der Waals surface area contributed by atoms with E-state index in [1.165, 1.54) is 16.4 Å². The summed E-state index contributed by atoms with van der Waals surface area (Å²) in [6, 6.07) is 9.43. The highest BCUT2D eigenvalue weighted by Crippen LogP contribution is 2.34. The number of hydrogen-bond donors (Lipinski definition) is 0. The summed E-state index contributed by atoms with van der Waals surface area (Å²) in [6.07, 6.45) is 2.51. The fraction of sp³-hybridized carbons (Fsp3) is 0.458. The molecule has 0 saturated carbocycles. The van der Waals surface area contributed by atoms with Crippen LogP contribution in [0.3, 0.4) is 0 Å². The molecule has 0 aliphatic carbocycles. The SMILES string of the molecule is CCOc1ccc(S(=O)(=O)N2CCC(C(=O)N3CCCc4cc(F)cc(C)c43)CC2)cc1. The van der Waals surface area contributed by atoms with Crippen molar-refractivity contribution >= 4 is 21.6 Å². The molecule has 2 aromatic carbocycles. The standard InChI is InChI=1S/C24H29FN2O4S/c1-3-31-21-6-8-22(9-7-21)32(29,30)26-13-10-18(11-14-26)24(28)27-12-4-5-19-16-20(25)15-17(2)23(19)27/h6-9,15-16,18H,3-5,10-14H2,1-2H3. The molecule has 1 amide bonds. The maximum atomic E-state index is 13.8. The summed E-state index contributed by atoms with van der Waals surface area (Å²) in [5.41, 5.74) is 2.47. The third kappa shape index (κ3) is 4.38. The van der Waals surface area contributed by atoms with Crippen molar-refractivity contribution in [3.63, 3.8) is 0 Å². The highest BCUT2D eigenvalue weighted by Gasteiger charge is 2.35. The summed E-state index contributed by atoms with van der Waals surface area (Å²) >= 11 is 0. The van der Waals surface area contributed by atoms with Gasteiger partial charge in [0.15, 0.2) is 0 Å². The zero-order valence-corrected chi connectivity index (χ0v) is 19.3. The van der Waals surface area contributed by atoms with Crippen LogP contribution in [-0.2, 0) is 21.2 Å². The molecule has 0 aromatic heterocycles. The Hall–Kier alpha value is -2.45. The molecule has 1 fully saturated rings. The van der Waals surface area contributed by atoms with Gasteiger partial charge >= 0.3 is 0 Å². The molecular weight excluding hydrogens is 431 g/mol. The second-order valence-corrected chi connectivity index (χ2v) is 10.3. The fourth-order valence-electron chi connectivity index (χ4n) is 4.73. The van der Waals surface area contributed by atoms with Crippen molar-refractivity contribution in [2.75, 3.05) is 31.1 Å². The molecule has 172 valence electrons. The lowest BCUT2D eigenvalue weighted by Crippen LogP contribution is -2.46. The monoisotopic (exact) mass is 460 g/mol. The van der Waals surface area contributed by atoms with Gasteiger partial charge in [-0.25, -0.2) is 12.8 Å². The van der Waals surface area contributed by atoms with Gasteiger partial charge in [0, 0.05) is 31.2 Å². The van der Waals surface area contributed by atoms with Crippen molar-refractivity contribution in [1.82, 2.24) is 4.31 Å². The van der Waals surface area contributed by atoms with E-state index in [1.54, 1.807) is 29.2 Å². The Labute approximate surface area is 189 Å². The van der Waals surface area contributed by atoms with Crippen LogP contribution in [0.25, 0.3) is 0 Å². The molecule has 4 rings (SSSR count). The van der Waals surface area contributed by atoms with Crippen LogP contribution in [0.5, 0.6) is 5.75 Å². The Bertz CT molecular complexity index is 1090. The first-order valence-corrected chi connectivity index (χ1v) is 12.6. The van der Waals surface area contributed by atoms with E-state index in [0.29, 0.717) is 44.8 Å². The summed E-state index contributed by atoms with van der Waals surface area (Å²) in [7, 11) is -3.62. The lowest BCUT2D eigenvalue weighted by molar-refractivity contribution is -0.123. The van der Waals surface area contributed by atoms with Gasteiger partial charge < -0.3 is 9.64 Å². The molecule has 2 aliphatic rings. The molecule has 0 N–H and O–H groups in total. The molecule has 6 nitrogen and oxygen atoms in total. The number of nitrogens with zero attached hydrogens (tertiary/aromatic N) is 2. The quantitative estimate of drug-likeness (QED) is 0.679. The number of benzene rings is 2. The van der Waals surface area contributed by atoms with Gasteiger partial charge in [0.05, 0.1) is 11.5 Å². The van der Waals surface area contributed by atoms with Crippen molar-refractivity contribution in [3.8, 4) is 5.75 Å². The van der Waals surface area contributed by atoms with Gasteiger partial charge in [-0.15, -0.1) is 0 Å². The lowest BCUT2D eigenvalue weighted by atomic mass is 9.92. The third-order valence-electron chi connectivity index (χ3n) is 6.28. The second kappa shape index (κ2) is 9.19. The van der Waals surface area contributed by atoms with Gasteiger partial charge in [-0.2, -0.15) is 4.31 Å². The predicted molar refractivity (Wildman–Crippen MR) is 121 cm³/mol. The number of carbonyl (C=O) groups excluding carboxylic acids is 1. The summed E-state index contributed by atoms with van der Waals surface area (Å²) in [6.45, 7) is 5.44. The molecule has 0 radical (unpaired) electrons. The van der Waals surface area contributed by atoms with Gasteiger partial charge in [-0.05, 0) is 87.1 Å². The Morgan fingerprint density at radius 2 is 1.81 bits per heavy atom. The van der Waals surface area contributed by atoms with E-state index < -0.39 is 10.0 Å². The highest BCUT2D eigenvalue weighted by molar-refractivity contribution is 7.89. The second-order valence-electron chi connectivity index (χ2n) is 8.41. The van der Waals surface area contributed by atoms with Crippen molar-refractivity contribution in [2.45, 2.75) is 44.4 Å². The number of aryl methyl sites for hydroxylation is 2. The Morgan fingerprint density at radius 1 is 1.12 bits per heavy atom. The van der Waals surface area contributed by atoms with Gasteiger partial charge in [-0.3, -0.25) is 4.79 Å². The number of carbonyl (C=O) groups is 1. The minimum absolute atomic E-state index is 0.0128. The summed E-state index contributed by atoms with van der Waals surface area (Å²) < 4.78 is 46.7. The molecule has 0 spiro atoms. The molecule has 0 unspecified atom stereocenters. The molecule has 2 aliphatic heterocycles. The lowest BCUT2D eigenvalue weighted by Gasteiger charge is -2.36. The molecule has 1 saturated heterocycles. The molecule has 2 aromatic rings. The van der Waals surface area contributed by atoms with Gasteiger partial charge in [0.1, 0.15) is 11.6 Å². The molecule has 8 heteroatoms. The number of halogens is 1. The molecule has 32 heavy (non-hydrogen) atoms. The van der Waals surface area contributed by atoms with E-state index in [-0.39, 0.29) is 22.5 Å². The van der Waals surface area contributed by atoms with Gasteiger partial charge in [0.2, 0.25) is 15.9 Å². The number of amides is 1. The summed E-state index contributed by atoms with van der Waals surface area (Å²) in [5.74, 6) is 0.132. The van der Waals surface area contributed by atoms with Crippen molar-refractivity contribution in [2.24, 2.45) is 5.92 Å². The largest absolute Gasteiger partial charge is 0.494 e. The number of sulfonamides is 1. The number of piperidine rings is 1. The van der Waals surface area contributed by atoms with Crippen LogP contribution in [0.1, 0.15) is 37.3 Å². The average molecular weight is 461 g/mol. The van der Waals surface area contributed by atoms with Crippen LogP contribution in [-0.4, -0.2) is 44.9 Å². The highest BCUT2D eigenvalue weighted by atomic mass is 32.2. The van der Waals surface area contributed by atoms with Crippen molar-refractivity contribution in [3.05, 3.63) is 53.3 Å². The zero-order chi connectivity index (χ0) is 22.9. The van der Waals surface area contributed by atoms with Gasteiger partial charge in [0.25, 0.3) is 0 Å². The number of ether oxygens (including phenoxy) is 1. The van der Waals surface area contributed by atoms with E-state index in [2.05, 4.69) is 0 Å². The van der Waals surface area contributed by atoms with E-state index >= 15 is 0 Å². The Morgan fingerprint density at radius 3 is 2.47 bits per heavy atom.